The van der Waals surface area contributed by atoms with Crippen LogP contribution in [0.1, 0.15) is 11.3 Å². The first-order chi connectivity index (χ1) is 9.20. The lowest BCUT2D eigenvalue weighted by atomic mass is 10.0. The molecule has 0 radical (unpaired) electrons. The summed E-state index contributed by atoms with van der Waals surface area (Å²) in [4.78, 5) is 0. The van der Waals surface area contributed by atoms with Crippen LogP contribution in [0.5, 0.6) is 0 Å². The average Bonchev–Trinajstić information content (AvgIpc) is 2.87. The van der Waals surface area contributed by atoms with Crippen molar-refractivity contribution in [3.63, 3.8) is 0 Å². The van der Waals surface area contributed by atoms with E-state index in [1.165, 1.54) is 0 Å². The molecule has 19 heavy (non-hydrogen) atoms. The molecule has 1 aromatic heterocycles. The van der Waals surface area contributed by atoms with Gasteiger partial charge in [0.25, 0.3) is 0 Å². The van der Waals surface area contributed by atoms with Crippen molar-refractivity contribution in [2.45, 2.75) is 25.1 Å². The number of hydrogen-bond acceptors (Lipinski definition) is 3. The van der Waals surface area contributed by atoms with Crippen LogP contribution >= 0.6 is 0 Å². The highest BCUT2D eigenvalue weighted by Gasteiger charge is 2.16. The smallest absolute Gasteiger partial charge is 0.120 e. The molecule has 0 fully saturated rings. The van der Waals surface area contributed by atoms with Gasteiger partial charge in [-0.15, -0.1) is 0 Å². The molecule has 2 rings (SSSR count). The molecule has 0 saturated heterocycles. The van der Waals surface area contributed by atoms with Crippen LogP contribution in [0.25, 0.3) is 0 Å². The summed E-state index contributed by atoms with van der Waals surface area (Å²) in [7, 11) is 0. The van der Waals surface area contributed by atoms with Gasteiger partial charge in [0.1, 0.15) is 11.8 Å². The van der Waals surface area contributed by atoms with Crippen LogP contribution in [0, 0.1) is 11.3 Å². The van der Waals surface area contributed by atoms with Crippen LogP contribution in [-0.4, -0.2) is 21.8 Å². The van der Waals surface area contributed by atoms with Crippen molar-refractivity contribution < 1.29 is 5.11 Å². The number of benzene rings is 1. The third-order valence-electron chi connectivity index (χ3n) is 3.14. The van der Waals surface area contributed by atoms with E-state index in [4.69, 9.17) is 11.0 Å². The fourth-order valence-corrected chi connectivity index (χ4v) is 2.03. The number of nitrogens with zero attached hydrogens (tertiary/aromatic N) is 2. The Morgan fingerprint density at radius 3 is 2.63 bits per heavy atom. The fraction of sp³-hybridized carbons (Fsp3) is 0.267. The zero-order valence-electron chi connectivity index (χ0n) is 10.6. The maximum Gasteiger partial charge on any atom is 0.120 e. The Morgan fingerprint density at radius 1 is 1.21 bits per heavy atom. The monoisotopic (exact) mass is 255 g/mol. The molecular formula is C15H17N3O. The quantitative estimate of drug-likeness (QED) is 0.845. The molecular weight excluding hydrogens is 238 g/mol. The molecule has 0 aliphatic rings. The summed E-state index contributed by atoms with van der Waals surface area (Å²) in [6.07, 6.45) is 1.71. The minimum Gasteiger partial charge on any atom is -0.390 e. The zero-order valence-corrected chi connectivity index (χ0v) is 10.6. The first-order valence-corrected chi connectivity index (χ1v) is 6.23. The van der Waals surface area contributed by atoms with E-state index < -0.39 is 6.10 Å². The van der Waals surface area contributed by atoms with Crippen molar-refractivity contribution in [1.29, 1.82) is 5.26 Å². The molecule has 2 unspecified atom stereocenters. The summed E-state index contributed by atoms with van der Waals surface area (Å²) in [6, 6.07) is 15.1. The number of nitriles is 1. The van der Waals surface area contributed by atoms with E-state index in [9.17, 15) is 5.11 Å². The van der Waals surface area contributed by atoms with Gasteiger partial charge in [-0.25, -0.2) is 0 Å². The van der Waals surface area contributed by atoms with E-state index in [1.54, 1.807) is 22.9 Å². The fourth-order valence-electron chi connectivity index (χ4n) is 2.03. The molecule has 0 bridgehead atoms. The first kappa shape index (κ1) is 13.3. The Labute approximate surface area is 112 Å². The van der Waals surface area contributed by atoms with Crippen LogP contribution in [0.4, 0.5) is 0 Å². The predicted molar refractivity (Wildman–Crippen MR) is 73.3 cm³/mol. The second kappa shape index (κ2) is 6.19. The van der Waals surface area contributed by atoms with Gasteiger partial charge in [0, 0.05) is 12.2 Å². The van der Waals surface area contributed by atoms with Gasteiger partial charge in [-0.3, -0.25) is 0 Å². The normalized spacial score (nSPS) is 13.7. The van der Waals surface area contributed by atoms with E-state index >= 15 is 0 Å². The minimum atomic E-state index is -0.681. The molecule has 3 N–H and O–H groups in total. The van der Waals surface area contributed by atoms with Crippen molar-refractivity contribution in [1.82, 2.24) is 4.57 Å². The average molecular weight is 255 g/mol. The number of aliphatic hydroxyl groups is 1. The molecule has 1 heterocycles. The van der Waals surface area contributed by atoms with Gasteiger partial charge in [-0.2, -0.15) is 5.26 Å². The van der Waals surface area contributed by atoms with Crippen LogP contribution in [0.15, 0.2) is 48.7 Å². The lowest BCUT2D eigenvalue weighted by Crippen LogP contribution is -2.39. The molecule has 0 spiro atoms. The van der Waals surface area contributed by atoms with Gasteiger partial charge in [0.2, 0.25) is 0 Å². The lowest BCUT2D eigenvalue weighted by Gasteiger charge is -2.20. The molecule has 0 aliphatic carbocycles. The topological polar surface area (TPSA) is 75.0 Å². The highest BCUT2D eigenvalue weighted by molar-refractivity contribution is 5.22. The standard InChI is InChI=1S/C15H17N3O/c16-10-13-7-4-8-18(13)11-15(19)14(17)9-12-5-2-1-3-6-12/h1-8,14-15,19H,9,11,17H2. The van der Waals surface area contributed by atoms with Gasteiger partial charge in [-0.1, -0.05) is 30.3 Å². The van der Waals surface area contributed by atoms with Crippen molar-refractivity contribution in [3.05, 3.63) is 59.9 Å². The zero-order chi connectivity index (χ0) is 13.7. The second-order valence-electron chi connectivity index (χ2n) is 4.58. The Kier molecular flexibility index (Phi) is 4.35. The van der Waals surface area contributed by atoms with Crippen molar-refractivity contribution in [2.24, 2.45) is 5.73 Å². The van der Waals surface area contributed by atoms with E-state index in [1.807, 2.05) is 30.3 Å². The third-order valence-corrected chi connectivity index (χ3v) is 3.14. The molecule has 1 aromatic carbocycles. The molecule has 2 atom stereocenters. The predicted octanol–water partition coefficient (Wildman–Crippen LogP) is 1.29. The van der Waals surface area contributed by atoms with Crippen molar-refractivity contribution in [3.8, 4) is 6.07 Å². The van der Waals surface area contributed by atoms with Crippen LogP contribution < -0.4 is 5.73 Å². The minimum absolute atomic E-state index is 0.337. The summed E-state index contributed by atoms with van der Waals surface area (Å²) >= 11 is 0. The largest absolute Gasteiger partial charge is 0.390 e. The summed E-state index contributed by atoms with van der Waals surface area (Å²) < 4.78 is 1.72. The van der Waals surface area contributed by atoms with E-state index in [0.717, 1.165) is 5.56 Å². The third kappa shape index (κ3) is 3.44. The molecule has 4 heteroatoms. The lowest BCUT2D eigenvalue weighted by molar-refractivity contribution is 0.125. The number of hydrogen-bond donors (Lipinski definition) is 2. The van der Waals surface area contributed by atoms with Crippen molar-refractivity contribution >= 4 is 0 Å². The van der Waals surface area contributed by atoms with E-state index in [0.29, 0.717) is 18.7 Å². The summed E-state index contributed by atoms with van der Waals surface area (Å²) in [6.45, 7) is 0.337. The van der Waals surface area contributed by atoms with Crippen LogP contribution in [0.3, 0.4) is 0 Å². The van der Waals surface area contributed by atoms with Gasteiger partial charge < -0.3 is 15.4 Å². The molecule has 98 valence electrons. The summed E-state index contributed by atoms with van der Waals surface area (Å²) in [5, 5.41) is 19.0. The Hall–Kier alpha value is -2.09. The van der Waals surface area contributed by atoms with Gasteiger partial charge in [0.15, 0.2) is 0 Å². The highest BCUT2D eigenvalue weighted by Crippen LogP contribution is 2.08. The van der Waals surface area contributed by atoms with E-state index in [-0.39, 0.29) is 6.04 Å². The first-order valence-electron chi connectivity index (χ1n) is 6.23. The number of aliphatic hydroxyl groups excluding tert-OH is 1. The van der Waals surface area contributed by atoms with Gasteiger partial charge >= 0.3 is 0 Å². The van der Waals surface area contributed by atoms with E-state index in [2.05, 4.69) is 6.07 Å². The maximum absolute atomic E-state index is 10.1. The van der Waals surface area contributed by atoms with Gasteiger partial charge in [-0.05, 0) is 24.1 Å². The molecule has 0 aliphatic heterocycles. The second-order valence-corrected chi connectivity index (χ2v) is 4.58. The Morgan fingerprint density at radius 2 is 1.95 bits per heavy atom. The number of nitrogens with two attached hydrogens (primary N) is 1. The Balaban J connectivity index is 1.96. The van der Waals surface area contributed by atoms with Crippen molar-refractivity contribution in [2.75, 3.05) is 0 Å². The molecule has 2 aromatic rings. The van der Waals surface area contributed by atoms with Crippen LogP contribution in [0.2, 0.25) is 0 Å². The SMILES string of the molecule is N#Cc1cccn1CC(O)C(N)Cc1ccccc1. The van der Waals surface area contributed by atoms with Gasteiger partial charge in [0.05, 0.1) is 12.6 Å². The number of aromatic nitrogens is 1. The highest BCUT2D eigenvalue weighted by atomic mass is 16.3. The molecule has 0 saturated carbocycles. The number of rotatable bonds is 5. The molecule has 0 amide bonds. The summed E-state index contributed by atoms with van der Waals surface area (Å²) in [5.41, 5.74) is 7.64. The molecule has 4 nitrogen and oxygen atoms in total. The maximum atomic E-state index is 10.1. The van der Waals surface area contributed by atoms with Crippen LogP contribution in [-0.2, 0) is 13.0 Å². The Bertz CT molecular complexity index is 556. The summed E-state index contributed by atoms with van der Waals surface area (Å²) in [5.74, 6) is 0.